The molecule has 0 radical (unpaired) electrons. The molecule has 0 bridgehead atoms. The van der Waals surface area contributed by atoms with Crippen LogP contribution in [0, 0.1) is 17.9 Å². The molecule has 294 valence electrons. The number of hydrogen-bond acceptors (Lipinski definition) is 9. The molecule has 5 amide bonds. The normalized spacial score (nSPS) is 22.5. The van der Waals surface area contributed by atoms with Gasteiger partial charge in [-0.15, -0.1) is 0 Å². The highest BCUT2D eigenvalue weighted by Crippen LogP contribution is 2.43. The molecule has 1 atom stereocenters. The van der Waals surface area contributed by atoms with Crippen molar-refractivity contribution in [3.05, 3.63) is 93.8 Å². The maximum atomic E-state index is 13.5. The number of nitrogens with zero attached hydrogens (tertiary/aromatic N) is 7. The van der Waals surface area contributed by atoms with Crippen molar-refractivity contribution in [2.45, 2.75) is 38.1 Å². The summed E-state index contributed by atoms with van der Waals surface area (Å²) in [6.45, 7) is 16.8. The van der Waals surface area contributed by atoms with Crippen LogP contribution < -0.4 is 20.0 Å². The van der Waals surface area contributed by atoms with Gasteiger partial charge in [-0.05, 0) is 85.7 Å². The molecule has 14 heteroatoms. The first-order valence-electron chi connectivity index (χ1n) is 20.0. The van der Waals surface area contributed by atoms with Gasteiger partial charge < -0.3 is 19.6 Å². The number of carbonyl (C=O) groups excluding carboxylic acids is 5. The van der Waals surface area contributed by atoms with Gasteiger partial charge in [0.2, 0.25) is 17.5 Å². The van der Waals surface area contributed by atoms with E-state index >= 15 is 0 Å². The van der Waals surface area contributed by atoms with Gasteiger partial charge >= 0.3 is 0 Å². The number of benzene rings is 3. The molecule has 6 aliphatic heterocycles. The number of anilines is 3. The van der Waals surface area contributed by atoms with Crippen molar-refractivity contribution in [3.8, 4) is 0 Å². The van der Waals surface area contributed by atoms with Gasteiger partial charge in [-0.3, -0.25) is 39.1 Å². The molecule has 13 nitrogen and oxygen atoms in total. The van der Waals surface area contributed by atoms with E-state index in [4.69, 9.17) is 18.2 Å². The first kappa shape index (κ1) is 37.1. The summed E-state index contributed by atoms with van der Waals surface area (Å²) in [6.07, 6.45) is 3.61. The van der Waals surface area contributed by atoms with E-state index in [-0.39, 0.29) is 29.7 Å². The van der Waals surface area contributed by atoms with Crippen LogP contribution in [0.2, 0.25) is 5.02 Å². The van der Waals surface area contributed by atoms with E-state index in [1.807, 2.05) is 41.3 Å². The number of nitrogens with one attached hydrogen (secondary N) is 1. The second kappa shape index (κ2) is 14.8. The zero-order valence-electron chi connectivity index (χ0n) is 31.8. The second-order valence-corrected chi connectivity index (χ2v) is 16.9. The third-order valence-corrected chi connectivity index (χ3v) is 13.4. The van der Waals surface area contributed by atoms with Crippen molar-refractivity contribution in [1.82, 2.24) is 20.0 Å². The first-order chi connectivity index (χ1) is 27.6. The third-order valence-electron chi connectivity index (χ3n) is 13.1. The number of imide groups is 2. The van der Waals surface area contributed by atoms with Crippen LogP contribution in [0.15, 0.2) is 60.7 Å². The van der Waals surface area contributed by atoms with Crippen molar-refractivity contribution in [1.29, 1.82) is 0 Å². The van der Waals surface area contributed by atoms with Crippen molar-refractivity contribution >= 4 is 63.9 Å². The van der Waals surface area contributed by atoms with Crippen molar-refractivity contribution in [3.63, 3.8) is 0 Å². The molecule has 0 aliphatic carbocycles. The molecule has 0 saturated carbocycles. The van der Waals surface area contributed by atoms with Gasteiger partial charge in [0.25, 0.3) is 17.7 Å². The summed E-state index contributed by atoms with van der Waals surface area (Å²) in [4.78, 5) is 79.8. The lowest BCUT2D eigenvalue weighted by atomic mass is 9.77. The topological polar surface area (TPSA) is 121 Å². The average Bonchev–Trinajstić information content (AvgIpc) is 3.73. The molecule has 5 saturated heterocycles. The molecular formula is C43H45ClN8O5. The molecule has 1 spiro atoms. The molecule has 0 aromatic heterocycles. The van der Waals surface area contributed by atoms with Crippen LogP contribution in [0.25, 0.3) is 4.85 Å². The largest absolute Gasteiger partial charge is 0.372 e. The van der Waals surface area contributed by atoms with Crippen LogP contribution in [-0.4, -0.2) is 122 Å². The molecule has 9 rings (SSSR count). The van der Waals surface area contributed by atoms with Crippen LogP contribution in [-0.2, 0) is 9.59 Å². The minimum Gasteiger partial charge on any atom is -0.372 e. The van der Waals surface area contributed by atoms with Gasteiger partial charge in [0, 0.05) is 112 Å². The maximum absolute atomic E-state index is 13.5. The summed E-state index contributed by atoms with van der Waals surface area (Å²) in [6, 6.07) is 18.2. The molecule has 57 heavy (non-hydrogen) atoms. The molecule has 6 aliphatic rings. The molecule has 6 heterocycles. The van der Waals surface area contributed by atoms with Crippen LogP contribution >= 0.6 is 11.6 Å². The smallest absolute Gasteiger partial charge is 0.262 e. The van der Waals surface area contributed by atoms with Gasteiger partial charge in [-0.25, -0.2) is 4.85 Å². The lowest BCUT2D eigenvalue weighted by molar-refractivity contribution is -0.136. The number of hydrogen-bond donors (Lipinski definition) is 1. The number of carbonyl (C=O) groups is 5. The number of piperazine rings is 1. The standard InChI is InChI=1S/C43H45ClN8O5/c1-45-36-9-7-32(23-35(36)44)48-15-12-43(13-16-48)14-17-50(27-43)30-4-2-29(3-5-30)40(55)49-20-18-47(19-21-49)24-28-25-51(26-28)31-6-8-33-34(22-31)42(57)52(41(33)56)37-10-11-38(53)46-39(37)54/h2-9,22-23,28,37H,10-21,24-27H2,(H,46,53,54). The Balaban J connectivity index is 0.719. The Bertz CT molecular complexity index is 2180. The van der Waals surface area contributed by atoms with Gasteiger partial charge in [0.1, 0.15) is 6.04 Å². The van der Waals surface area contributed by atoms with E-state index in [0.29, 0.717) is 35.3 Å². The maximum Gasteiger partial charge on any atom is 0.262 e. The average molecular weight is 789 g/mol. The molecule has 1 N–H and O–H groups in total. The summed E-state index contributed by atoms with van der Waals surface area (Å²) < 4.78 is 0. The highest BCUT2D eigenvalue weighted by Gasteiger charge is 2.45. The van der Waals surface area contributed by atoms with Crippen LogP contribution in [0.5, 0.6) is 0 Å². The SMILES string of the molecule is [C-]#[N+]c1ccc(N2CCC3(CC2)CCN(c2ccc(C(=O)N4CCN(CC5CN(c6ccc7c(c6)C(=O)N(C6CCC(=O)NC6=O)C7=O)C5)CC4)cc2)C3)cc1Cl. The molecule has 3 aromatic carbocycles. The zero-order valence-corrected chi connectivity index (χ0v) is 32.5. The zero-order chi connectivity index (χ0) is 39.4. The van der Waals surface area contributed by atoms with Gasteiger partial charge in [0.15, 0.2) is 0 Å². The molecule has 1 unspecified atom stereocenters. The summed E-state index contributed by atoms with van der Waals surface area (Å²) in [5.74, 6) is -1.47. The molecule has 3 aromatic rings. The lowest BCUT2D eigenvalue weighted by Gasteiger charge is -2.45. The Morgan fingerprint density at radius 1 is 0.772 bits per heavy atom. The highest BCUT2D eigenvalue weighted by atomic mass is 35.5. The Morgan fingerprint density at radius 3 is 2.11 bits per heavy atom. The van der Waals surface area contributed by atoms with Crippen LogP contribution in [0.3, 0.4) is 0 Å². The van der Waals surface area contributed by atoms with E-state index in [1.54, 1.807) is 12.1 Å². The summed E-state index contributed by atoms with van der Waals surface area (Å²) >= 11 is 6.32. The Hall–Kier alpha value is -5.45. The summed E-state index contributed by atoms with van der Waals surface area (Å²) in [5, 5.41) is 2.75. The fourth-order valence-corrected chi connectivity index (χ4v) is 9.85. The fraction of sp³-hybridized carbons (Fsp3) is 0.442. The number of fused-ring (bicyclic) bond motifs is 1. The lowest BCUT2D eigenvalue weighted by Crippen LogP contribution is -2.55. The minimum absolute atomic E-state index is 0.0756. The minimum atomic E-state index is -0.975. The van der Waals surface area contributed by atoms with Crippen molar-refractivity contribution in [2.24, 2.45) is 11.3 Å². The predicted molar refractivity (Wildman–Crippen MR) is 216 cm³/mol. The predicted octanol–water partition coefficient (Wildman–Crippen LogP) is 4.68. The number of rotatable bonds is 7. The van der Waals surface area contributed by atoms with Gasteiger partial charge in [-0.2, -0.15) is 0 Å². The molecular weight excluding hydrogens is 744 g/mol. The van der Waals surface area contributed by atoms with Gasteiger partial charge in [0.05, 0.1) is 17.7 Å². The quantitative estimate of drug-likeness (QED) is 0.269. The third kappa shape index (κ3) is 6.99. The fourth-order valence-electron chi connectivity index (χ4n) is 9.63. The van der Waals surface area contributed by atoms with E-state index in [1.165, 1.54) is 5.69 Å². The Morgan fingerprint density at radius 2 is 1.42 bits per heavy atom. The Labute approximate surface area is 336 Å². The summed E-state index contributed by atoms with van der Waals surface area (Å²) in [7, 11) is 0. The van der Waals surface area contributed by atoms with Crippen LogP contribution in [0.1, 0.15) is 63.2 Å². The second-order valence-electron chi connectivity index (χ2n) is 16.5. The number of halogens is 1. The Kier molecular flexibility index (Phi) is 9.65. The first-order valence-corrected chi connectivity index (χ1v) is 20.3. The van der Waals surface area contributed by atoms with E-state index in [2.05, 4.69) is 41.9 Å². The number of amides is 5. The van der Waals surface area contributed by atoms with E-state index < -0.39 is 29.7 Å². The van der Waals surface area contributed by atoms with E-state index in [9.17, 15) is 24.0 Å². The van der Waals surface area contributed by atoms with Gasteiger partial charge in [-0.1, -0.05) is 17.7 Å². The van der Waals surface area contributed by atoms with Crippen LogP contribution in [0.4, 0.5) is 22.7 Å². The molecule has 5 fully saturated rings. The van der Waals surface area contributed by atoms with Crippen molar-refractivity contribution in [2.75, 3.05) is 86.7 Å². The summed E-state index contributed by atoms with van der Waals surface area (Å²) in [5.41, 5.74) is 5.21. The monoisotopic (exact) mass is 788 g/mol. The van der Waals surface area contributed by atoms with Crippen molar-refractivity contribution < 1.29 is 24.0 Å². The highest BCUT2D eigenvalue weighted by molar-refractivity contribution is 6.33. The van der Waals surface area contributed by atoms with E-state index in [0.717, 1.165) is 100 Å². The number of piperidine rings is 2.